The van der Waals surface area contributed by atoms with Crippen molar-refractivity contribution in [3.8, 4) is 0 Å². The summed E-state index contributed by atoms with van der Waals surface area (Å²) in [6.45, 7) is 0. The van der Waals surface area contributed by atoms with Gasteiger partial charge in [0.1, 0.15) is 0 Å². The third-order valence-electron chi connectivity index (χ3n) is 0. The summed E-state index contributed by atoms with van der Waals surface area (Å²) in [5, 5.41) is 0. The molecule has 0 saturated heterocycles. The maximum Gasteiger partial charge on any atom is 1.00 e. The van der Waals surface area contributed by atoms with Gasteiger partial charge in [-0.1, -0.05) is 0 Å². The van der Waals surface area contributed by atoms with E-state index in [9.17, 15) is 0 Å². The molecule has 44 valence electrons. The van der Waals surface area contributed by atoms with Crippen molar-refractivity contribution in [1.82, 2.24) is 0 Å². The van der Waals surface area contributed by atoms with Crippen LogP contribution in [-0.2, 0) is 26.9 Å². The average Bonchev–Trinajstić information content (AvgIpc) is 0.722. The number of hydrogen-bond donors (Lipinski definition) is 2. The van der Waals surface area contributed by atoms with Gasteiger partial charge >= 0.3 is 68.6 Å². The summed E-state index contributed by atoms with van der Waals surface area (Å²) in [4.78, 5) is 0. The van der Waals surface area contributed by atoms with Crippen molar-refractivity contribution in [3.05, 3.63) is 0 Å². The van der Waals surface area contributed by atoms with Gasteiger partial charge in [-0.2, -0.15) is 8.42 Å². The van der Waals surface area contributed by atoms with Crippen molar-refractivity contribution in [3.63, 3.8) is 0 Å². The predicted molar refractivity (Wildman–Crippen MR) is 15.3 cm³/mol. The van der Waals surface area contributed by atoms with E-state index in [0.29, 0.717) is 0 Å². The largest absolute Gasteiger partial charge is 1.00 e. The summed E-state index contributed by atoms with van der Waals surface area (Å²) >= 11 is 0. The van der Waals surface area contributed by atoms with Crippen molar-refractivity contribution < 1.29 is 93.6 Å². The molecule has 0 heterocycles. The van der Waals surface area contributed by atoms with Gasteiger partial charge in [-0.15, -0.1) is 0 Å². The Balaban J connectivity index is -0.0000000267. The van der Waals surface area contributed by atoms with Crippen LogP contribution in [0.5, 0.6) is 0 Å². The molecule has 0 aromatic heterocycles. The molecule has 0 spiro atoms. The van der Waals surface area contributed by atoms with E-state index in [1.165, 1.54) is 0 Å². The van der Waals surface area contributed by atoms with Gasteiger partial charge in [0.05, 0.1) is 0 Å². The van der Waals surface area contributed by atoms with E-state index in [0.717, 1.165) is 0 Å². The van der Waals surface area contributed by atoms with Crippen molar-refractivity contribution in [2.75, 3.05) is 0 Å². The fourth-order valence-corrected chi connectivity index (χ4v) is 0. The third-order valence-corrected chi connectivity index (χ3v) is 0. The molecule has 0 atom stereocenters. The van der Waals surface area contributed by atoms with E-state index in [-0.39, 0.29) is 76.1 Å². The van der Waals surface area contributed by atoms with E-state index >= 15 is 0 Å². The van der Waals surface area contributed by atoms with E-state index in [1.807, 2.05) is 0 Å². The Hall–Kier alpha value is 2.17. The Kier molecular flexibility index (Phi) is 14.4. The van der Waals surface area contributed by atoms with Crippen LogP contribution >= 0.6 is 0 Å². The van der Waals surface area contributed by atoms with Crippen LogP contribution in [0.3, 0.4) is 0 Å². The molecule has 0 aliphatic carbocycles. The minimum atomic E-state index is -4.67. The van der Waals surface area contributed by atoms with E-state index in [1.54, 1.807) is 0 Å². The van der Waals surface area contributed by atoms with Gasteiger partial charge in [-0.3, -0.25) is 9.11 Å². The molecule has 0 aliphatic rings. The van der Waals surface area contributed by atoms with E-state index < -0.39 is 10.4 Å². The minimum absolute atomic E-state index is 0. The summed E-state index contributed by atoms with van der Waals surface area (Å²) in [7, 11) is -4.67. The predicted octanol–water partition coefficient (Wildman–Crippen LogP) is -3.54. The van der Waals surface area contributed by atoms with Crippen LogP contribution in [0.25, 0.3) is 0 Å². The number of rotatable bonds is 0. The van der Waals surface area contributed by atoms with Gasteiger partial charge < -0.3 is 1.43 Å². The Bertz CT molecular complexity index is 99.2. The molecule has 0 unspecified atom stereocenters. The quantitative estimate of drug-likeness (QED) is 0.341. The molecule has 0 aliphatic heterocycles. The zero-order chi connectivity index (χ0) is 4.50. The maximum atomic E-state index is 8.74. The maximum absolute atomic E-state index is 8.74. The zero-order valence-electron chi connectivity index (χ0n) is 4.44. The average molecular weight is 243 g/mol. The van der Waals surface area contributed by atoms with Gasteiger partial charge in [0.15, 0.2) is 0 Å². The summed E-state index contributed by atoms with van der Waals surface area (Å²) in [6, 6.07) is 0. The van der Waals surface area contributed by atoms with Crippen molar-refractivity contribution in [2.45, 2.75) is 0 Å². The van der Waals surface area contributed by atoms with Crippen LogP contribution in [-0.4, -0.2) is 17.5 Å². The molecule has 0 fully saturated rings. The van der Waals surface area contributed by atoms with Gasteiger partial charge in [0.2, 0.25) is 0 Å². The molecular weight excluding hydrogens is 240 g/mol. The first-order chi connectivity index (χ1) is 2.00. The molecule has 0 rings (SSSR count). The topological polar surface area (TPSA) is 74.6 Å². The molecule has 7 heteroatoms. The molecule has 0 radical (unpaired) electrons. The molecule has 4 nitrogen and oxygen atoms in total. The van der Waals surface area contributed by atoms with Crippen LogP contribution in [0.2, 0.25) is 0 Å². The standard InChI is InChI=1S/Ni.H2O4S.Rb.H/c;1-5(2,3)4;;/h;(H2,1,2,3,4);;/q;;+1;-1. The first-order valence-electron chi connectivity index (χ1n) is 0.698. The molecule has 0 amide bonds. The Morgan fingerprint density at radius 1 is 1.29 bits per heavy atom. The van der Waals surface area contributed by atoms with Gasteiger partial charge in [-0.05, 0) is 0 Å². The first-order valence-corrected chi connectivity index (χ1v) is 2.10. The Morgan fingerprint density at radius 3 is 1.29 bits per heavy atom. The SMILES string of the molecule is O=S(=O)(O)O.[H-].[Ni].[Rb+]. The normalized spacial score (nSPS) is 8.29. The van der Waals surface area contributed by atoms with Gasteiger partial charge in [0, 0.05) is 16.5 Å². The van der Waals surface area contributed by atoms with Crippen LogP contribution in [0.4, 0.5) is 0 Å². The Morgan fingerprint density at radius 2 is 1.29 bits per heavy atom. The van der Waals surface area contributed by atoms with Crippen molar-refractivity contribution >= 4 is 10.4 Å². The molecule has 0 aromatic carbocycles. The van der Waals surface area contributed by atoms with Gasteiger partial charge in [0.25, 0.3) is 0 Å². The molecule has 0 aromatic rings. The Labute approximate surface area is 102 Å². The second-order valence-electron chi connectivity index (χ2n) is 0.448. The van der Waals surface area contributed by atoms with Crippen LogP contribution < -0.4 is 58.2 Å². The van der Waals surface area contributed by atoms with Crippen LogP contribution in [0.15, 0.2) is 0 Å². The fraction of sp³-hybridized carbons (Fsp3) is 0. The molecule has 7 heavy (non-hydrogen) atoms. The number of hydrogen-bond acceptors (Lipinski definition) is 2. The summed E-state index contributed by atoms with van der Waals surface area (Å²) in [5.41, 5.74) is 0. The summed E-state index contributed by atoms with van der Waals surface area (Å²) in [6.07, 6.45) is 0. The van der Waals surface area contributed by atoms with Crippen molar-refractivity contribution in [1.29, 1.82) is 0 Å². The monoisotopic (exact) mass is 242 g/mol. The molecule has 0 saturated carbocycles. The fourth-order valence-electron chi connectivity index (χ4n) is 0. The van der Waals surface area contributed by atoms with E-state index in [4.69, 9.17) is 17.5 Å². The second kappa shape index (κ2) is 6.29. The van der Waals surface area contributed by atoms with Crippen LogP contribution in [0.1, 0.15) is 1.43 Å². The smallest absolute Gasteiger partial charge is 1.00 e. The minimum Gasteiger partial charge on any atom is -1.00 e. The van der Waals surface area contributed by atoms with E-state index in [2.05, 4.69) is 0 Å². The summed E-state index contributed by atoms with van der Waals surface area (Å²) in [5.74, 6) is 0. The van der Waals surface area contributed by atoms with Gasteiger partial charge in [-0.25, -0.2) is 0 Å². The molecule has 2 N–H and O–H groups in total. The second-order valence-corrected chi connectivity index (χ2v) is 1.34. The van der Waals surface area contributed by atoms with Crippen molar-refractivity contribution in [2.24, 2.45) is 0 Å². The third kappa shape index (κ3) is 66.1. The molecular formula is H3NiO4RbS. The zero-order valence-corrected chi connectivity index (χ0v) is 10.2. The molecule has 0 bridgehead atoms. The summed E-state index contributed by atoms with van der Waals surface area (Å²) < 4.78 is 31.6. The van der Waals surface area contributed by atoms with Crippen LogP contribution in [0, 0.1) is 0 Å². The first kappa shape index (κ1) is 16.1.